The Morgan fingerprint density at radius 1 is 1.59 bits per heavy atom. The molecule has 1 aliphatic rings. The van der Waals surface area contributed by atoms with Crippen LogP contribution in [0.25, 0.3) is 0 Å². The Kier molecular flexibility index (Phi) is 5.88. The van der Waals surface area contributed by atoms with E-state index in [0.717, 1.165) is 26.1 Å². The molecule has 1 aliphatic heterocycles. The lowest BCUT2D eigenvalue weighted by atomic mass is 10.0. The smallest absolute Gasteiger partial charge is 0.237 e. The van der Waals surface area contributed by atoms with Crippen LogP contribution in [0.5, 0.6) is 0 Å². The van der Waals surface area contributed by atoms with E-state index in [0.29, 0.717) is 12.5 Å². The van der Waals surface area contributed by atoms with E-state index < -0.39 is 6.04 Å². The van der Waals surface area contributed by atoms with E-state index in [9.17, 15) is 4.79 Å². The number of amides is 1. The van der Waals surface area contributed by atoms with Gasteiger partial charge in [-0.1, -0.05) is 13.8 Å². The average molecular weight is 243 g/mol. The second kappa shape index (κ2) is 6.93. The summed E-state index contributed by atoms with van der Waals surface area (Å²) in [6.07, 6.45) is 0.806. The third kappa shape index (κ3) is 5.48. The Morgan fingerprint density at radius 3 is 2.88 bits per heavy atom. The molecule has 17 heavy (non-hydrogen) atoms. The molecule has 0 radical (unpaired) electrons. The van der Waals surface area contributed by atoms with Crippen molar-refractivity contribution in [3.8, 4) is 0 Å². The van der Waals surface area contributed by atoms with Gasteiger partial charge in [0.25, 0.3) is 0 Å². The first-order chi connectivity index (χ1) is 7.99. The molecule has 0 aromatic heterocycles. The summed E-state index contributed by atoms with van der Waals surface area (Å²) in [6.45, 7) is 7.22. The highest BCUT2D eigenvalue weighted by Gasteiger charge is 2.20. The molecule has 1 fully saturated rings. The number of likely N-dealkylation sites (N-methyl/N-ethyl adjacent to an activating group) is 1. The highest BCUT2D eigenvalue weighted by Crippen LogP contribution is 2.04. The second-order valence-electron chi connectivity index (χ2n) is 5.24. The van der Waals surface area contributed by atoms with Gasteiger partial charge < -0.3 is 20.7 Å². The lowest BCUT2D eigenvalue weighted by Gasteiger charge is -2.30. The maximum Gasteiger partial charge on any atom is 0.237 e. The minimum atomic E-state index is -0.406. The van der Waals surface area contributed by atoms with Gasteiger partial charge in [-0.15, -0.1) is 0 Å². The molecule has 100 valence electrons. The van der Waals surface area contributed by atoms with Crippen molar-refractivity contribution in [2.75, 3.05) is 33.3 Å². The number of rotatable bonds is 5. The van der Waals surface area contributed by atoms with Crippen molar-refractivity contribution in [1.29, 1.82) is 0 Å². The molecule has 1 amide bonds. The third-order valence-corrected chi connectivity index (χ3v) is 2.91. The fraction of sp³-hybridized carbons (Fsp3) is 0.917. The standard InChI is InChI=1S/C12H25N3O2/c1-9(2)6-11(13)12(16)14-7-10-8-15(3)4-5-17-10/h9-11H,4-8,13H2,1-3H3,(H,14,16)/t10?,11-/m1/s1. The van der Waals surface area contributed by atoms with Gasteiger partial charge in [0.15, 0.2) is 0 Å². The molecular formula is C12H25N3O2. The Morgan fingerprint density at radius 2 is 2.29 bits per heavy atom. The summed E-state index contributed by atoms with van der Waals surface area (Å²) in [5.74, 6) is 0.364. The number of carbonyl (C=O) groups is 1. The normalized spacial score (nSPS) is 23.7. The van der Waals surface area contributed by atoms with Crippen molar-refractivity contribution < 1.29 is 9.53 Å². The number of morpholine rings is 1. The van der Waals surface area contributed by atoms with Crippen LogP contribution in [0.15, 0.2) is 0 Å². The van der Waals surface area contributed by atoms with Gasteiger partial charge in [0.2, 0.25) is 5.91 Å². The maximum atomic E-state index is 11.7. The molecule has 0 spiro atoms. The highest BCUT2D eigenvalue weighted by atomic mass is 16.5. The van der Waals surface area contributed by atoms with Gasteiger partial charge in [-0.25, -0.2) is 0 Å². The molecule has 5 heteroatoms. The molecule has 0 aromatic rings. The van der Waals surface area contributed by atoms with Crippen molar-refractivity contribution >= 4 is 5.91 Å². The number of hydrogen-bond acceptors (Lipinski definition) is 4. The molecule has 2 atom stereocenters. The molecule has 0 bridgehead atoms. The largest absolute Gasteiger partial charge is 0.374 e. The molecule has 0 aliphatic carbocycles. The second-order valence-corrected chi connectivity index (χ2v) is 5.24. The number of ether oxygens (including phenoxy) is 1. The van der Waals surface area contributed by atoms with Crippen LogP contribution in [0.2, 0.25) is 0 Å². The maximum absolute atomic E-state index is 11.7. The molecule has 1 heterocycles. The van der Waals surface area contributed by atoms with Crippen LogP contribution >= 0.6 is 0 Å². The van der Waals surface area contributed by atoms with E-state index >= 15 is 0 Å². The fourth-order valence-electron chi connectivity index (χ4n) is 1.95. The number of nitrogens with zero attached hydrogens (tertiary/aromatic N) is 1. The molecule has 1 saturated heterocycles. The molecule has 1 rings (SSSR count). The summed E-state index contributed by atoms with van der Waals surface area (Å²) in [7, 11) is 2.06. The van der Waals surface area contributed by atoms with Crippen LogP contribution in [-0.4, -0.2) is 56.2 Å². The van der Waals surface area contributed by atoms with Crippen molar-refractivity contribution in [3.05, 3.63) is 0 Å². The summed E-state index contributed by atoms with van der Waals surface area (Å²) in [5, 5.41) is 2.86. The molecular weight excluding hydrogens is 218 g/mol. The van der Waals surface area contributed by atoms with Crippen LogP contribution in [0, 0.1) is 5.92 Å². The quantitative estimate of drug-likeness (QED) is 0.702. The molecule has 5 nitrogen and oxygen atoms in total. The molecule has 1 unspecified atom stereocenters. The van der Waals surface area contributed by atoms with Crippen molar-refractivity contribution in [2.24, 2.45) is 11.7 Å². The van der Waals surface area contributed by atoms with Gasteiger partial charge in [0, 0.05) is 19.6 Å². The zero-order valence-electron chi connectivity index (χ0n) is 11.1. The van der Waals surface area contributed by atoms with E-state index in [-0.39, 0.29) is 12.0 Å². The lowest BCUT2D eigenvalue weighted by Crippen LogP contribution is -2.49. The number of carbonyl (C=O) groups excluding carboxylic acids is 1. The zero-order valence-corrected chi connectivity index (χ0v) is 11.1. The van der Waals surface area contributed by atoms with E-state index in [4.69, 9.17) is 10.5 Å². The van der Waals surface area contributed by atoms with Gasteiger partial charge >= 0.3 is 0 Å². The first-order valence-electron chi connectivity index (χ1n) is 6.32. The summed E-state index contributed by atoms with van der Waals surface area (Å²) >= 11 is 0. The van der Waals surface area contributed by atoms with Gasteiger partial charge in [-0.2, -0.15) is 0 Å². The summed E-state index contributed by atoms with van der Waals surface area (Å²) < 4.78 is 5.56. The number of hydrogen-bond donors (Lipinski definition) is 2. The Balaban J connectivity index is 2.22. The van der Waals surface area contributed by atoms with Crippen molar-refractivity contribution in [1.82, 2.24) is 10.2 Å². The van der Waals surface area contributed by atoms with Gasteiger partial charge in [-0.3, -0.25) is 4.79 Å². The third-order valence-electron chi connectivity index (χ3n) is 2.91. The Labute approximate surface area is 104 Å². The van der Waals surface area contributed by atoms with Crippen LogP contribution < -0.4 is 11.1 Å². The monoisotopic (exact) mass is 243 g/mol. The van der Waals surface area contributed by atoms with Crippen LogP contribution in [0.4, 0.5) is 0 Å². The zero-order chi connectivity index (χ0) is 12.8. The van der Waals surface area contributed by atoms with Crippen LogP contribution in [-0.2, 0) is 9.53 Å². The van der Waals surface area contributed by atoms with E-state index in [1.54, 1.807) is 0 Å². The SMILES string of the molecule is CC(C)C[C@@H](N)C(=O)NCC1CN(C)CCO1. The topological polar surface area (TPSA) is 67.6 Å². The minimum absolute atomic E-state index is 0.0736. The van der Waals surface area contributed by atoms with E-state index in [1.807, 2.05) is 0 Å². The fourth-order valence-corrected chi connectivity index (χ4v) is 1.95. The highest BCUT2D eigenvalue weighted by molar-refractivity contribution is 5.81. The number of nitrogens with one attached hydrogen (secondary N) is 1. The first-order valence-corrected chi connectivity index (χ1v) is 6.32. The minimum Gasteiger partial charge on any atom is -0.374 e. The predicted molar refractivity (Wildman–Crippen MR) is 67.7 cm³/mol. The first kappa shape index (κ1) is 14.4. The van der Waals surface area contributed by atoms with E-state index in [2.05, 4.69) is 31.1 Å². The number of nitrogens with two attached hydrogens (primary N) is 1. The summed E-state index contributed by atoms with van der Waals surface area (Å²) in [6, 6.07) is -0.406. The van der Waals surface area contributed by atoms with Crippen LogP contribution in [0.1, 0.15) is 20.3 Å². The summed E-state index contributed by atoms with van der Waals surface area (Å²) in [5.41, 5.74) is 5.80. The molecule has 0 saturated carbocycles. The van der Waals surface area contributed by atoms with Crippen molar-refractivity contribution in [2.45, 2.75) is 32.4 Å². The molecule has 3 N–H and O–H groups in total. The average Bonchev–Trinajstić information content (AvgIpc) is 2.25. The van der Waals surface area contributed by atoms with Crippen molar-refractivity contribution in [3.63, 3.8) is 0 Å². The predicted octanol–water partition coefficient (Wildman–Crippen LogP) is -0.193. The summed E-state index contributed by atoms with van der Waals surface area (Å²) in [4.78, 5) is 13.9. The van der Waals surface area contributed by atoms with Gasteiger partial charge in [0.05, 0.1) is 18.8 Å². The lowest BCUT2D eigenvalue weighted by molar-refractivity contribution is -0.123. The van der Waals surface area contributed by atoms with Gasteiger partial charge in [-0.05, 0) is 19.4 Å². The Hall–Kier alpha value is -0.650. The molecule has 0 aromatic carbocycles. The Bertz CT molecular complexity index is 246. The van der Waals surface area contributed by atoms with Gasteiger partial charge in [0.1, 0.15) is 0 Å². The van der Waals surface area contributed by atoms with Crippen LogP contribution in [0.3, 0.4) is 0 Å². The van der Waals surface area contributed by atoms with E-state index in [1.165, 1.54) is 0 Å².